The topological polar surface area (TPSA) is 36.7 Å². The first-order chi connectivity index (χ1) is 4.33. The molecule has 2 heteroatoms. The molecule has 9 heavy (non-hydrogen) atoms. The Kier molecular flexibility index (Phi) is 1.46. The molecule has 0 saturated carbocycles. The quantitative estimate of drug-likeness (QED) is 0.509. The molecule has 0 aliphatic carbocycles. The van der Waals surface area contributed by atoms with E-state index in [0.29, 0.717) is 5.69 Å². The average Bonchev–Trinajstić information content (AvgIpc) is 1.88. The monoisotopic (exact) mass is 117 g/mol. The lowest BCUT2D eigenvalue weighted by Crippen LogP contribution is -1.81. The molecule has 1 heterocycles. The summed E-state index contributed by atoms with van der Waals surface area (Å²) >= 11 is 0. The van der Waals surface area contributed by atoms with Gasteiger partial charge in [0, 0.05) is 12.3 Å². The number of rotatable bonds is 0. The zero-order chi connectivity index (χ0) is 6.69. The highest BCUT2D eigenvalue weighted by atomic mass is 14.7. The van der Waals surface area contributed by atoms with Crippen molar-refractivity contribution in [3.8, 4) is 6.07 Å². The Morgan fingerprint density at radius 1 is 1.78 bits per heavy atom. The van der Waals surface area contributed by atoms with Crippen molar-refractivity contribution in [3.63, 3.8) is 0 Å². The van der Waals surface area contributed by atoms with Gasteiger partial charge in [-0.2, -0.15) is 5.26 Å². The Morgan fingerprint density at radius 3 is 3.00 bits per heavy atom. The lowest BCUT2D eigenvalue weighted by Gasteiger charge is -1.86. The van der Waals surface area contributed by atoms with E-state index in [1.54, 1.807) is 12.3 Å². The number of nitriles is 1. The number of aromatic nitrogens is 1. The third-order valence-corrected chi connectivity index (χ3v) is 0.950. The van der Waals surface area contributed by atoms with Gasteiger partial charge in [-0.1, -0.05) is 0 Å². The van der Waals surface area contributed by atoms with Gasteiger partial charge in [0.05, 0.1) is 0 Å². The highest BCUT2D eigenvalue weighted by molar-refractivity contribution is 5.22. The summed E-state index contributed by atoms with van der Waals surface area (Å²) in [5.74, 6) is 0. The number of nitrogens with zero attached hydrogens (tertiary/aromatic N) is 2. The standard InChI is InChI=1S/C7H5N2/c1-6-2-3-9-7(4-6)5-8/h2-3H,1H3. The predicted molar refractivity (Wildman–Crippen MR) is 32.5 cm³/mol. The fraction of sp³-hybridized carbons (Fsp3) is 0.143. The summed E-state index contributed by atoms with van der Waals surface area (Å²) in [6.45, 7) is 1.88. The molecule has 0 aliphatic rings. The predicted octanol–water partition coefficient (Wildman–Crippen LogP) is 1.06. The van der Waals surface area contributed by atoms with Crippen LogP contribution in [0.15, 0.2) is 12.3 Å². The van der Waals surface area contributed by atoms with Gasteiger partial charge in [0.1, 0.15) is 11.8 Å². The molecule has 0 spiro atoms. The van der Waals surface area contributed by atoms with Crippen LogP contribution >= 0.6 is 0 Å². The molecule has 0 unspecified atom stereocenters. The summed E-state index contributed by atoms with van der Waals surface area (Å²) < 4.78 is 0. The second-order valence-corrected chi connectivity index (χ2v) is 1.71. The van der Waals surface area contributed by atoms with E-state index in [0.717, 1.165) is 5.56 Å². The molecule has 2 nitrogen and oxygen atoms in total. The molecule has 0 amide bonds. The zero-order valence-corrected chi connectivity index (χ0v) is 5.05. The van der Waals surface area contributed by atoms with E-state index in [4.69, 9.17) is 5.26 Å². The SMILES string of the molecule is Cc1[c]c(C#N)ncc1. The largest absolute Gasteiger partial charge is 0.245 e. The third-order valence-electron chi connectivity index (χ3n) is 0.950. The Morgan fingerprint density at radius 2 is 2.56 bits per heavy atom. The summed E-state index contributed by atoms with van der Waals surface area (Å²) in [7, 11) is 0. The minimum absolute atomic E-state index is 0.356. The Labute approximate surface area is 53.8 Å². The van der Waals surface area contributed by atoms with Crippen molar-refractivity contribution >= 4 is 0 Å². The van der Waals surface area contributed by atoms with Crippen molar-refractivity contribution in [1.82, 2.24) is 4.98 Å². The van der Waals surface area contributed by atoms with Crippen LogP contribution in [0.4, 0.5) is 0 Å². The van der Waals surface area contributed by atoms with Crippen LogP contribution in [0, 0.1) is 24.3 Å². The van der Waals surface area contributed by atoms with E-state index < -0.39 is 0 Å². The van der Waals surface area contributed by atoms with E-state index >= 15 is 0 Å². The van der Waals surface area contributed by atoms with Crippen LogP contribution in [0.25, 0.3) is 0 Å². The molecular formula is C7H5N2. The van der Waals surface area contributed by atoms with Crippen LogP contribution in [-0.2, 0) is 0 Å². The molecule has 1 aromatic heterocycles. The molecule has 0 N–H and O–H groups in total. The lowest BCUT2D eigenvalue weighted by atomic mass is 10.2. The summed E-state index contributed by atoms with van der Waals surface area (Å²) in [5.41, 5.74) is 1.30. The Balaban J connectivity index is 3.12. The molecule has 1 aromatic rings. The molecule has 0 atom stereocenters. The highest BCUT2D eigenvalue weighted by Gasteiger charge is 1.88. The van der Waals surface area contributed by atoms with Gasteiger partial charge in [-0.25, -0.2) is 4.98 Å². The first-order valence-electron chi connectivity index (χ1n) is 2.58. The number of pyridine rings is 1. The molecule has 0 saturated heterocycles. The van der Waals surface area contributed by atoms with Crippen LogP contribution in [0.3, 0.4) is 0 Å². The zero-order valence-electron chi connectivity index (χ0n) is 5.05. The second kappa shape index (κ2) is 2.27. The Hall–Kier alpha value is -1.36. The maximum atomic E-state index is 8.32. The van der Waals surface area contributed by atoms with E-state index in [-0.39, 0.29) is 0 Å². The molecule has 1 rings (SSSR count). The van der Waals surface area contributed by atoms with Crippen LogP contribution in [-0.4, -0.2) is 4.98 Å². The number of hydrogen-bond donors (Lipinski definition) is 0. The maximum Gasteiger partial charge on any atom is 0.148 e. The van der Waals surface area contributed by atoms with E-state index in [1.165, 1.54) is 0 Å². The van der Waals surface area contributed by atoms with Gasteiger partial charge in [-0.15, -0.1) is 0 Å². The minimum atomic E-state index is 0.356. The average molecular weight is 117 g/mol. The molecule has 43 valence electrons. The summed E-state index contributed by atoms with van der Waals surface area (Å²) in [5, 5.41) is 8.32. The molecule has 0 fully saturated rings. The van der Waals surface area contributed by atoms with Gasteiger partial charge in [0.25, 0.3) is 0 Å². The lowest BCUT2D eigenvalue weighted by molar-refractivity contribution is 1.23. The molecular weight excluding hydrogens is 112 g/mol. The second-order valence-electron chi connectivity index (χ2n) is 1.71. The fourth-order valence-electron chi connectivity index (χ4n) is 0.541. The van der Waals surface area contributed by atoms with Crippen molar-refractivity contribution in [3.05, 3.63) is 29.6 Å². The van der Waals surface area contributed by atoms with Gasteiger partial charge < -0.3 is 0 Å². The van der Waals surface area contributed by atoms with Gasteiger partial charge in [-0.3, -0.25) is 0 Å². The van der Waals surface area contributed by atoms with E-state index in [2.05, 4.69) is 11.1 Å². The van der Waals surface area contributed by atoms with Crippen LogP contribution in [0.5, 0.6) is 0 Å². The minimum Gasteiger partial charge on any atom is -0.245 e. The molecule has 0 aromatic carbocycles. The van der Waals surface area contributed by atoms with Crippen molar-refractivity contribution in [1.29, 1.82) is 5.26 Å². The highest BCUT2D eigenvalue weighted by Crippen LogP contribution is 1.95. The summed E-state index contributed by atoms with van der Waals surface area (Å²) in [4.78, 5) is 3.74. The third kappa shape index (κ3) is 1.26. The van der Waals surface area contributed by atoms with Crippen molar-refractivity contribution < 1.29 is 0 Å². The summed E-state index contributed by atoms with van der Waals surface area (Å²) in [6, 6.07) is 6.49. The van der Waals surface area contributed by atoms with Crippen molar-refractivity contribution in [2.45, 2.75) is 6.92 Å². The van der Waals surface area contributed by atoms with Crippen molar-refractivity contribution in [2.75, 3.05) is 0 Å². The van der Waals surface area contributed by atoms with Crippen LogP contribution in [0.1, 0.15) is 11.3 Å². The van der Waals surface area contributed by atoms with Gasteiger partial charge in [0.15, 0.2) is 0 Å². The van der Waals surface area contributed by atoms with Crippen molar-refractivity contribution in [2.24, 2.45) is 0 Å². The molecule has 0 bridgehead atoms. The van der Waals surface area contributed by atoms with Crippen LogP contribution < -0.4 is 0 Å². The number of hydrogen-bond acceptors (Lipinski definition) is 2. The van der Waals surface area contributed by atoms with Crippen LogP contribution in [0.2, 0.25) is 0 Å². The molecule has 0 aliphatic heterocycles. The summed E-state index contributed by atoms with van der Waals surface area (Å²) in [6.07, 6.45) is 1.60. The van der Waals surface area contributed by atoms with Gasteiger partial charge >= 0.3 is 0 Å². The fourth-order valence-corrected chi connectivity index (χ4v) is 0.541. The Bertz CT molecular complexity index is 247. The first-order valence-corrected chi connectivity index (χ1v) is 2.58. The van der Waals surface area contributed by atoms with E-state index in [9.17, 15) is 0 Å². The number of aryl methyl sites for hydroxylation is 1. The van der Waals surface area contributed by atoms with Gasteiger partial charge in [-0.05, 0) is 18.6 Å². The first kappa shape index (κ1) is 5.77. The van der Waals surface area contributed by atoms with E-state index in [1.807, 2.05) is 13.0 Å². The smallest absolute Gasteiger partial charge is 0.148 e. The maximum absolute atomic E-state index is 8.32. The molecule has 1 radical (unpaired) electrons. The van der Waals surface area contributed by atoms with Gasteiger partial charge in [0.2, 0.25) is 0 Å². The normalized spacial score (nSPS) is 8.44.